The zero-order chi connectivity index (χ0) is 13.9. The summed E-state index contributed by atoms with van der Waals surface area (Å²) in [6.07, 6.45) is 4.84. The summed E-state index contributed by atoms with van der Waals surface area (Å²) >= 11 is 0. The van der Waals surface area contributed by atoms with E-state index < -0.39 is 0 Å². The molecule has 2 aliphatic carbocycles. The van der Waals surface area contributed by atoms with Crippen molar-refractivity contribution in [2.24, 2.45) is 0 Å². The first-order valence-corrected chi connectivity index (χ1v) is 7.55. The van der Waals surface area contributed by atoms with E-state index in [0.717, 1.165) is 37.2 Å². The fourth-order valence-corrected chi connectivity index (χ4v) is 2.52. The molecule has 0 aromatic heterocycles. The van der Waals surface area contributed by atoms with Gasteiger partial charge in [-0.05, 0) is 43.4 Å². The molecule has 20 heavy (non-hydrogen) atoms. The Labute approximate surface area is 120 Å². The summed E-state index contributed by atoms with van der Waals surface area (Å²) < 4.78 is 19.5. The van der Waals surface area contributed by atoms with Crippen molar-refractivity contribution in [3.8, 4) is 0 Å². The van der Waals surface area contributed by atoms with Crippen LogP contribution in [-0.4, -0.2) is 32.3 Å². The zero-order valence-electron chi connectivity index (χ0n) is 12.1. The predicted octanol–water partition coefficient (Wildman–Crippen LogP) is 2.69. The van der Waals surface area contributed by atoms with Crippen LogP contribution in [0.25, 0.3) is 0 Å². The van der Waals surface area contributed by atoms with Gasteiger partial charge < -0.3 is 15.0 Å². The highest BCUT2D eigenvalue weighted by Gasteiger charge is 2.30. The molecule has 0 saturated heterocycles. The maximum Gasteiger partial charge on any atom is 0.146 e. The van der Waals surface area contributed by atoms with Crippen LogP contribution in [0.15, 0.2) is 18.2 Å². The number of benzene rings is 1. The lowest BCUT2D eigenvalue weighted by atomic mass is 10.1. The number of hydrogen-bond donors (Lipinski definition) is 1. The van der Waals surface area contributed by atoms with Gasteiger partial charge in [0.1, 0.15) is 5.82 Å². The third-order valence-corrected chi connectivity index (χ3v) is 4.02. The van der Waals surface area contributed by atoms with Gasteiger partial charge in [0.25, 0.3) is 0 Å². The maximum atomic E-state index is 14.3. The van der Waals surface area contributed by atoms with Crippen molar-refractivity contribution in [2.45, 2.75) is 44.3 Å². The van der Waals surface area contributed by atoms with Crippen LogP contribution < -0.4 is 10.2 Å². The van der Waals surface area contributed by atoms with Crippen molar-refractivity contribution >= 4 is 5.69 Å². The first kappa shape index (κ1) is 13.8. The number of rotatable bonds is 8. The Morgan fingerprint density at radius 2 is 2.10 bits per heavy atom. The second-order valence-corrected chi connectivity index (χ2v) is 5.86. The largest absolute Gasteiger partial charge is 0.383 e. The van der Waals surface area contributed by atoms with E-state index in [1.54, 1.807) is 13.2 Å². The molecule has 0 unspecified atom stereocenters. The molecule has 1 N–H and O–H groups in total. The summed E-state index contributed by atoms with van der Waals surface area (Å²) in [5.74, 6) is -0.108. The van der Waals surface area contributed by atoms with Crippen molar-refractivity contribution in [2.75, 3.05) is 25.2 Å². The third kappa shape index (κ3) is 3.49. The van der Waals surface area contributed by atoms with Crippen LogP contribution in [0.4, 0.5) is 10.1 Å². The topological polar surface area (TPSA) is 24.5 Å². The van der Waals surface area contributed by atoms with Gasteiger partial charge in [0, 0.05) is 32.3 Å². The number of ether oxygens (including phenoxy) is 1. The van der Waals surface area contributed by atoms with Crippen molar-refractivity contribution in [3.63, 3.8) is 0 Å². The van der Waals surface area contributed by atoms with Crippen LogP contribution in [0.2, 0.25) is 0 Å². The highest BCUT2D eigenvalue weighted by atomic mass is 19.1. The van der Waals surface area contributed by atoms with Crippen molar-refractivity contribution < 1.29 is 9.13 Å². The van der Waals surface area contributed by atoms with E-state index in [9.17, 15) is 4.39 Å². The van der Waals surface area contributed by atoms with E-state index >= 15 is 0 Å². The van der Waals surface area contributed by atoms with Gasteiger partial charge in [-0.25, -0.2) is 4.39 Å². The number of hydrogen-bond acceptors (Lipinski definition) is 3. The predicted molar refractivity (Wildman–Crippen MR) is 78.5 cm³/mol. The third-order valence-electron chi connectivity index (χ3n) is 4.02. The first-order chi connectivity index (χ1) is 9.78. The number of nitrogens with zero attached hydrogens (tertiary/aromatic N) is 1. The molecule has 2 fully saturated rings. The molecule has 0 spiro atoms. The van der Waals surface area contributed by atoms with Gasteiger partial charge in [-0.3, -0.25) is 0 Å². The van der Waals surface area contributed by atoms with Gasteiger partial charge in [0.05, 0.1) is 12.3 Å². The summed E-state index contributed by atoms with van der Waals surface area (Å²) in [6.45, 7) is 2.17. The average Bonchev–Trinajstić information content (AvgIpc) is 3.32. The molecule has 1 aromatic rings. The SMILES string of the molecule is COCCN(c1ccc(CNC2CC2)cc1F)C1CC1. The van der Waals surface area contributed by atoms with Crippen LogP contribution in [0.1, 0.15) is 31.2 Å². The van der Waals surface area contributed by atoms with Gasteiger partial charge in [-0.2, -0.15) is 0 Å². The average molecular weight is 278 g/mol. The Morgan fingerprint density at radius 3 is 2.70 bits per heavy atom. The fraction of sp³-hybridized carbons (Fsp3) is 0.625. The second-order valence-electron chi connectivity index (χ2n) is 5.86. The molecule has 3 nitrogen and oxygen atoms in total. The van der Waals surface area contributed by atoms with Crippen molar-refractivity contribution in [1.82, 2.24) is 5.32 Å². The smallest absolute Gasteiger partial charge is 0.146 e. The second kappa shape index (κ2) is 6.10. The van der Waals surface area contributed by atoms with E-state index in [1.165, 1.54) is 12.8 Å². The Kier molecular flexibility index (Phi) is 4.22. The molecule has 3 rings (SSSR count). The van der Waals surface area contributed by atoms with Gasteiger partial charge in [0.2, 0.25) is 0 Å². The normalized spacial score (nSPS) is 18.3. The highest BCUT2D eigenvalue weighted by Crippen LogP contribution is 2.33. The molecule has 0 atom stereocenters. The van der Waals surface area contributed by atoms with Gasteiger partial charge in [0.15, 0.2) is 0 Å². The lowest BCUT2D eigenvalue weighted by Gasteiger charge is -2.25. The van der Waals surface area contributed by atoms with E-state index in [4.69, 9.17) is 4.74 Å². The fourth-order valence-electron chi connectivity index (χ4n) is 2.52. The van der Waals surface area contributed by atoms with Crippen LogP contribution >= 0.6 is 0 Å². The first-order valence-electron chi connectivity index (χ1n) is 7.55. The van der Waals surface area contributed by atoms with Crippen LogP contribution in [0.5, 0.6) is 0 Å². The monoisotopic (exact) mass is 278 g/mol. The standard InChI is InChI=1S/C16H23FN2O/c1-20-9-8-19(14-5-6-14)16-7-2-12(10-15(16)17)11-18-13-3-4-13/h2,7,10,13-14,18H,3-6,8-9,11H2,1H3. The summed E-state index contributed by atoms with van der Waals surface area (Å²) in [5.41, 5.74) is 1.75. The maximum absolute atomic E-state index is 14.3. The molecule has 1 aromatic carbocycles. The summed E-state index contributed by atoms with van der Waals surface area (Å²) in [4.78, 5) is 2.15. The number of methoxy groups -OCH3 is 1. The van der Waals surface area contributed by atoms with Gasteiger partial charge >= 0.3 is 0 Å². The van der Waals surface area contributed by atoms with Crippen molar-refractivity contribution in [3.05, 3.63) is 29.6 Å². The molecule has 0 bridgehead atoms. The number of halogens is 1. The number of nitrogens with one attached hydrogen (secondary N) is 1. The molecule has 0 amide bonds. The minimum atomic E-state index is -0.108. The Balaban J connectivity index is 1.67. The summed E-state index contributed by atoms with van der Waals surface area (Å²) in [6, 6.07) is 6.79. The molecule has 0 heterocycles. The Hall–Kier alpha value is -1.13. The zero-order valence-corrected chi connectivity index (χ0v) is 12.1. The minimum Gasteiger partial charge on any atom is -0.383 e. The molecule has 110 valence electrons. The molecule has 2 aliphatic rings. The lowest BCUT2D eigenvalue weighted by molar-refractivity contribution is 0.204. The Bertz CT molecular complexity index is 458. The van der Waals surface area contributed by atoms with Crippen LogP contribution in [-0.2, 0) is 11.3 Å². The summed E-state index contributed by atoms with van der Waals surface area (Å²) in [5, 5.41) is 3.42. The van der Waals surface area contributed by atoms with Crippen molar-refractivity contribution in [1.29, 1.82) is 0 Å². The van der Waals surface area contributed by atoms with E-state index in [0.29, 0.717) is 18.7 Å². The minimum absolute atomic E-state index is 0.108. The van der Waals surface area contributed by atoms with Crippen LogP contribution in [0.3, 0.4) is 0 Å². The highest BCUT2D eigenvalue weighted by molar-refractivity contribution is 5.51. The molecule has 2 saturated carbocycles. The quantitative estimate of drug-likeness (QED) is 0.791. The molecule has 4 heteroatoms. The molecular weight excluding hydrogens is 255 g/mol. The Morgan fingerprint density at radius 1 is 1.30 bits per heavy atom. The van der Waals surface area contributed by atoms with Gasteiger partial charge in [-0.1, -0.05) is 6.07 Å². The van der Waals surface area contributed by atoms with E-state index in [2.05, 4.69) is 10.2 Å². The lowest BCUT2D eigenvalue weighted by Crippen LogP contribution is -2.30. The summed E-state index contributed by atoms with van der Waals surface area (Å²) in [7, 11) is 1.69. The van der Waals surface area contributed by atoms with Gasteiger partial charge in [-0.15, -0.1) is 0 Å². The molecule has 0 aliphatic heterocycles. The number of anilines is 1. The molecular formula is C16H23FN2O. The molecule has 0 radical (unpaired) electrons. The van der Waals surface area contributed by atoms with E-state index in [-0.39, 0.29) is 5.82 Å². The van der Waals surface area contributed by atoms with E-state index in [1.807, 2.05) is 12.1 Å². The van der Waals surface area contributed by atoms with Crippen LogP contribution in [0, 0.1) is 5.82 Å².